The third kappa shape index (κ3) is 4.71. The van der Waals surface area contributed by atoms with E-state index in [4.69, 9.17) is 4.74 Å². The highest BCUT2D eigenvalue weighted by Gasteiger charge is 2.05. The first-order chi connectivity index (χ1) is 8.43. The smallest absolute Gasteiger partial charge is 0.309 e. The number of benzene rings is 1. The predicted molar refractivity (Wildman–Crippen MR) is 69.8 cm³/mol. The first-order valence-corrected chi connectivity index (χ1v) is 7.45. The SMILES string of the molecule is CCOC(=O)CC=Cc1ccc(S(C)(=O)=O)cc1. The molecule has 18 heavy (non-hydrogen) atoms. The van der Waals surface area contributed by atoms with Crippen LogP contribution in [0.25, 0.3) is 6.08 Å². The van der Waals surface area contributed by atoms with Crippen LogP contribution in [0.1, 0.15) is 18.9 Å². The van der Waals surface area contributed by atoms with Gasteiger partial charge < -0.3 is 4.74 Å². The maximum atomic E-state index is 11.2. The number of rotatable bonds is 5. The summed E-state index contributed by atoms with van der Waals surface area (Å²) in [5.41, 5.74) is 0.840. The third-order valence-electron chi connectivity index (χ3n) is 2.21. The van der Waals surface area contributed by atoms with Gasteiger partial charge >= 0.3 is 5.97 Å². The van der Waals surface area contributed by atoms with Gasteiger partial charge in [-0.1, -0.05) is 24.3 Å². The van der Waals surface area contributed by atoms with Crippen LogP contribution in [0.15, 0.2) is 35.2 Å². The van der Waals surface area contributed by atoms with Crippen LogP contribution >= 0.6 is 0 Å². The van der Waals surface area contributed by atoms with Gasteiger partial charge in [0.15, 0.2) is 9.84 Å². The van der Waals surface area contributed by atoms with Gasteiger partial charge in [0.25, 0.3) is 0 Å². The van der Waals surface area contributed by atoms with E-state index in [1.54, 1.807) is 43.3 Å². The fourth-order valence-electron chi connectivity index (χ4n) is 1.34. The number of ether oxygens (including phenoxy) is 1. The fraction of sp³-hybridized carbons (Fsp3) is 0.308. The van der Waals surface area contributed by atoms with Crippen LogP contribution in [0.5, 0.6) is 0 Å². The van der Waals surface area contributed by atoms with E-state index in [-0.39, 0.29) is 17.3 Å². The highest BCUT2D eigenvalue weighted by Crippen LogP contribution is 2.11. The number of sulfone groups is 1. The van der Waals surface area contributed by atoms with E-state index >= 15 is 0 Å². The van der Waals surface area contributed by atoms with Crippen LogP contribution in [-0.4, -0.2) is 27.2 Å². The lowest BCUT2D eigenvalue weighted by Gasteiger charge is -1.99. The first kappa shape index (κ1) is 14.4. The number of hydrogen-bond donors (Lipinski definition) is 0. The van der Waals surface area contributed by atoms with Crippen molar-refractivity contribution in [3.05, 3.63) is 35.9 Å². The molecule has 0 atom stereocenters. The van der Waals surface area contributed by atoms with Crippen LogP contribution in [0.2, 0.25) is 0 Å². The Hall–Kier alpha value is -1.62. The van der Waals surface area contributed by atoms with Gasteiger partial charge in [-0.2, -0.15) is 0 Å². The standard InChI is InChI=1S/C13H16O4S/c1-3-17-13(14)6-4-5-11-7-9-12(10-8-11)18(2,15)16/h4-5,7-10H,3,6H2,1-2H3. The highest BCUT2D eigenvalue weighted by molar-refractivity contribution is 7.90. The maximum absolute atomic E-state index is 11.2. The Morgan fingerprint density at radius 3 is 2.39 bits per heavy atom. The lowest BCUT2D eigenvalue weighted by molar-refractivity contribution is -0.142. The molecule has 98 valence electrons. The molecule has 0 saturated carbocycles. The second-order valence-corrected chi connectivity index (χ2v) is 5.77. The zero-order chi connectivity index (χ0) is 13.6. The molecule has 0 aliphatic heterocycles. The minimum absolute atomic E-state index is 0.210. The summed E-state index contributed by atoms with van der Waals surface area (Å²) in [6.45, 7) is 2.13. The molecule has 0 unspecified atom stereocenters. The molecular weight excluding hydrogens is 252 g/mol. The molecule has 0 heterocycles. The summed E-state index contributed by atoms with van der Waals surface area (Å²) >= 11 is 0. The quantitative estimate of drug-likeness (QED) is 0.767. The van der Waals surface area contributed by atoms with Gasteiger partial charge in [0, 0.05) is 6.26 Å². The van der Waals surface area contributed by atoms with Crippen molar-refractivity contribution < 1.29 is 17.9 Å². The summed E-state index contributed by atoms with van der Waals surface area (Å²) in [7, 11) is -3.16. The Kier molecular flexibility index (Phi) is 5.09. The van der Waals surface area contributed by atoms with Crippen LogP contribution in [0.4, 0.5) is 0 Å². The van der Waals surface area contributed by atoms with Crippen molar-refractivity contribution in [1.82, 2.24) is 0 Å². The Balaban J connectivity index is 2.64. The topological polar surface area (TPSA) is 60.4 Å². The third-order valence-corrected chi connectivity index (χ3v) is 3.34. The van der Waals surface area contributed by atoms with Gasteiger partial charge in [-0.3, -0.25) is 4.79 Å². The number of carbonyl (C=O) groups is 1. The molecule has 0 fully saturated rings. The van der Waals surface area contributed by atoms with E-state index in [0.717, 1.165) is 5.56 Å². The Labute approximate surface area is 107 Å². The van der Waals surface area contributed by atoms with Crippen LogP contribution < -0.4 is 0 Å². The van der Waals surface area contributed by atoms with E-state index in [1.165, 1.54) is 6.26 Å². The molecule has 0 aromatic heterocycles. The predicted octanol–water partition coefficient (Wildman–Crippen LogP) is 2.06. The van der Waals surface area contributed by atoms with E-state index in [2.05, 4.69) is 0 Å². The van der Waals surface area contributed by atoms with Crippen molar-refractivity contribution in [3.8, 4) is 0 Å². The van der Waals surface area contributed by atoms with Crippen molar-refractivity contribution in [3.63, 3.8) is 0 Å². The summed E-state index contributed by atoms with van der Waals surface area (Å²) in [5.74, 6) is -0.276. The second kappa shape index (κ2) is 6.35. The molecule has 1 rings (SSSR count). The monoisotopic (exact) mass is 268 g/mol. The summed E-state index contributed by atoms with van der Waals surface area (Å²) in [5, 5.41) is 0. The second-order valence-electron chi connectivity index (χ2n) is 3.75. The Bertz CT molecular complexity index is 527. The molecular formula is C13H16O4S. The average molecular weight is 268 g/mol. The van der Waals surface area contributed by atoms with Gasteiger partial charge in [0.05, 0.1) is 17.9 Å². The van der Waals surface area contributed by atoms with Gasteiger partial charge in [-0.05, 0) is 24.6 Å². The van der Waals surface area contributed by atoms with Crippen molar-refractivity contribution >= 4 is 21.9 Å². The summed E-state index contributed by atoms with van der Waals surface area (Å²) in [4.78, 5) is 11.3. The Morgan fingerprint density at radius 2 is 1.89 bits per heavy atom. The number of esters is 1. The average Bonchev–Trinajstić information content (AvgIpc) is 2.29. The molecule has 0 spiro atoms. The lowest BCUT2D eigenvalue weighted by Crippen LogP contribution is -2.01. The molecule has 0 aliphatic carbocycles. The molecule has 0 amide bonds. The van der Waals surface area contributed by atoms with Gasteiger partial charge in [0.2, 0.25) is 0 Å². The van der Waals surface area contributed by atoms with E-state index in [1.807, 2.05) is 0 Å². The van der Waals surface area contributed by atoms with Crippen molar-refractivity contribution in [1.29, 1.82) is 0 Å². The number of hydrogen-bond acceptors (Lipinski definition) is 4. The van der Waals surface area contributed by atoms with Crippen LogP contribution in [0, 0.1) is 0 Å². The molecule has 0 bridgehead atoms. The molecule has 0 radical (unpaired) electrons. The fourth-order valence-corrected chi connectivity index (χ4v) is 1.97. The van der Waals surface area contributed by atoms with Crippen molar-refractivity contribution in [2.45, 2.75) is 18.2 Å². The zero-order valence-electron chi connectivity index (χ0n) is 10.4. The highest BCUT2D eigenvalue weighted by atomic mass is 32.2. The first-order valence-electron chi connectivity index (χ1n) is 5.55. The lowest BCUT2D eigenvalue weighted by atomic mass is 10.2. The summed E-state index contributed by atoms with van der Waals surface area (Å²) in [6, 6.07) is 6.47. The zero-order valence-corrected chi connectivity index (χ0v) is 11.2. The van der Waals surface area contributed by atoms with E-state index in [9.17, 15) is 13.2 Å². The molecule has 0 aliphatic rings. The van der Waals surface area contributed by atoms with Crippen molar-refractivity contribution in [2.24, 2.45) is 0 Å². The van der Waals surface area contributed by atoms with Crippen molar-refractivity contribution in [2.75, 3.05) is 12.9 Å². The normalized spacial score (nSPS) is 11.7. The van der Waals surface area contributed by atoms with E-state index in [0.29, 0.717) is 6.61 Å². The van der Waals surface area contributed by atoms with Gasteiger partial charge in [0.1, 0.15) is 0 Å². The minimum Gasteiger partial charge on any atom is -0.466 e. The molecule has 0 N–H and O–H groups in total. The maximum Gasteiger partial charge on any atom is 0.309 e. The molecule has 1 aromatic rings. The molecule has 1 aromatic carbocycles. The molecule has 4 nitrogen and oxygen atoms in total. The van der Waals surface area contributed by atoms with Crippen LogP contribution in [0.3, 0.4) is 0 Å². The van der Waals surface area contributed by atoms with Gasteiger partial charge in [-0.15, -0.1) is 0 Å². The van der Waals surface area contributed by atoms with Gasteiger partial charge in [-0.25, -0.2) is 8.42 Å². The molecule has 0 saturated heterocycles. The van der Waals surface area contributed by atoms with Crippen LogP contribution in [-0.2, 0) is 19.4 Å². The largest absolute Gasteiger partial charge is 0.466 e. The summed E-state index contributed by atoms with van der Waals surface area (Å²) < 4.78 is 27.3. The Morgan fingerprint density at radius 1 is 1.28 bits per heavy atom. The minimum atomic E-state index is -3.16. The molecule has 5 heteroatoms. The number of carbonyl (C=O) groups excluding carboxylic acids is 1. The van der Waals surface area contributed by atoms with E-state index < -0.39 is 9.84 Å². The summed E-state index contributed by atoms with van der Waals surface area (Å²) in [6.07, 6.45) is 4.82.